The summed E-state index contributed by atoms with van der Waals surface area (Å²) in [5.41, 5.74) is 0. The largest absolute Gasteiger partial charge is 0.497 e. The van der Waals surface area contributed by atoms with E-state index in [4.69, 9.17) is 9.47 Å². The van der Waals surface area contributed by atoms with Crippen molar-refractivity contribution in [2.24, 2.45) is 7.05 Å². The van der Waals surface area contributed by atoms with E-state index in [1.807, 2.05) is 34.8 Å². The molecule has 0 saturated carbocycles. The molecule has 1 amide bonds. The Morgan fingerprint density at radius 3 is 2.68 bits per heavy atom. The molecule has 7 nitrogen and oxygen atoms in total. The molecule has 1 aromatic heterocycles. The lowest BCUT2D eigenvalue weighted by Crippen LogP contribution is -2.52. The number of rotatable bonds is 5. The highest BCUT2D eigenvalue weighted by atomic mass is 16.5. The molecule has 2 unspecified atom stereocenters. The Labute approximate surface area is 147 Å². The second-order valence-corrected chi connectivity index (χ2v) is 6.08. The molecular formula is C18H24N4O3. The summed E-state index contributed by atoms with van der Waals surface area (Å²) in [4.78, 5) is 19.2. The van der Waals surface area contributed by atoms with Gasteiger partial charge in [0, 0.05) is 39.1 Å². The van der Waals surface area contributed by atoms with Crippen LogP contribution in [0.5, 0.6) is 11.5 Å². The van der Waals surface area contributed by atoms with Crippen LogP contribution in [0.15, 0.2) is 36.7 Å². The number of ether oxygens (including phenoxy) is 2. The van der Waals surface area contributed by atoms with Crippen molar-refractivity contribution < 1.29 is 14.3 Å². The minimum atomic E-state index is -0.575. The molecule has 2 atom stereocenters. The van der Waals surface area contributed by atoms with Crippen molar-refractivity contribution >= 4 is 5.91 Å². The highest BCUT2D eigenvalue weighted by Crippen LogP contribution is 2.23. The molecular weight excluding hydrogens is 320 g/mol. The maximum Gasteiger partial charge on any atom is 0.264 e. The van der Waals surface area contributed by atoms with E-state index >= 15 is 0 Å². The van der Waals surface area contributed by atoms with Gasteiger partial charge in [-0.2, -0.15) is 0 Å². The number of aromatic nitrogens is 2. The summed E-state index contributed by atoms with van der Waals surface area (Å²) in [6, 6.07) is 7.14. The first kappa shape index (κ1) is 17.3. The summed E-state index contributed by atoms with van der Waals surface area (Å²) in [5.74, 6) is 2.23. The molecule has 7 heteroatoms. The average Bonchev–Trinajstić information content (AvgIpc) is 3.07. The number of aryl methyl sites for hydroxylation is 1. The zero-order valence-electron chi connectivity index (χ0n) is 14.8. The first-order valence-corrected chi connectivity index (χ1v) is 8.39. The number of hydrogen-bond acceptors (Lipinski definition) is 5. The molecule has 1 saturated heterocycles. The van der Waals surface area contributed by atoms with Crippen molar-refractivity contribution in [2.45, 2.75) is 19.1 Å². The Balaban J connectivity index is 1.71. The van der Waals surface area contributed by atoms with Crippen LogP contribution in [0, 0.1) is 0 Å². The first-order valence-electron chi connectivity index (χ1n) is 8.39. The number of carbonyl (C=O) groups is 1. The summed E-state index contributed by atoms with van der Waals surface area (Å²) in [6.07, 6.45) is 3.07. The minimum absolute atomic E-state index is 0.0367. The van der Waals surface area contributed by atoms with E-state index in [0.717, 1.165) is 18.1 Å². The lowest BCUT2D eigenvalue weighted by Gasteiger charge is -2.37. The highest BCUT2D eigenvalue weighted by Gasteiger charge is 2.33. The summed E-state index contributed by atoms with van der Waals surface area (Å²) in [6.45, 7) is 3.87. The second kappa shape index (κ2) is 7.57. The number of amides is 1. The van der Waals surface area contributed by atoms with Gasteiger partial charge >= 0.3 is 0 Å². The molecule has 2 aromatic rings. The quantitative estimate of drug-likeness (QED) is 0.887. The van der Waals surface area contributed by atoms with Gasteiger partial charge in [0.05, 0.1) is 7.11 Å². The molecule has 1 aliphatic rings. The predicted octanol–water partition coefficient (Wildman–Crippen LogP) is 1.37. The number of piperazine rings is 1. The van der Waals surface area contributed by atoms with Gasteiger partial charge in [-0.05, 0) is 31.2 Å². The Morgan fingerprint density at radius 1 is 1.32 bits per heavy atom. The zero-order valence-corrected chi connectivity index (χ0v) is 14.8. The van der Waals surface area contributed by atoms with E-state index in [0.29, 0.717) is 18.8 Å². The minimum Gasteiger partial charge on any atom is -0.497 e. The van der Waals surface area contributed by atoms with Crippen LogP contribution in [0.4, 0.5) is 0 Å². The molecule has 1 aliphatic heterocycles. The number of benzene rings is 1. The van der Waals surface area contributed by atoms with Crippen molar-refractivity contribution in [3.8, 4) is 11.5 Å². The molecule has 3 rings (SSSR count). The fraction of sp³-hybridized carbons (Fsp3) is 0.444. The molecule has 0 aliphatic carbocycles. The third-order valence-electron chi connectivity index (χ3n) is 4.40. The average molecular weight is 344 g/mol. The van der Waals surface area contributed by atoms with Crippen molar-refractivity contribution in [3.05, 3.63) is 42.5 Å². The van der Waals surface area contributed by atoms with Gasteiger partial charge < -0.3 is 24.3 Å². The third-order valence-corrected chi connectivity index (χ3v) is 4.40. The number of nitrogens with one attached hydrogen (secondary N) is 1. The standard InChI is InChI=1S/C18H24N4O3/c1-13(25-15-6-4-14(24-3)5-7-15)18(23)22-11-8-19-12-16(22)17-20-9-10-21(17)2/h4-7,9-10,13,16,19H,8,11-12H2,1-3H3. The number of hydrogen-bond donors (Lipinski definition) is 1. The summed E-state index contributed by atoms with van der Waals surface area (Å²) in [5, 5.41) is 3.33. The lowest BCUT2D eigenvalue weighted by atomic mass is 10.1. The maximum absolute atomic E-state index is 13.0. The van der Waals surface area contributed by atoms with E-state index in [2.05, 4.69) is 10.3 Å². The van der Waals surface area contributed by atoms with E-state index < -0.39 is 6.10 Å². The van der Waals surface area contributed by atoms with Crippen molar-refractivity contribution in [2.75, 3.05) is 26.7 Å². The molecule has 25 heavy (non-hydrogen) atoms. The van der Waals surface area contributed by atoms with E-state index in [9.17, 15) is 4.79 Å². The van der Waals surface area contributed by atoms with E-state index in [1.54, 1.807) is 32.4 Å². The van der Waals surface area contributed by atoms with Crippen LogP contribution in [-0.2, 0) is 11.8 Å². The molecule has 1 fully saturated rings. The molecule has 0 spiro atoms. The van der Waals surface area contributed by atoms with Gasteiger partial charge in [-0.25, -0.2) is 4.98 Å². The van der Waals surface area contributed by atoms with Gasteiger partial charge in [0.25, 0.3) is 5.91 Å². The van der Waals surface area contributed by atoms with Gasteiger partial charge in [-0.3, -0.25) is 4.79 Å². The highest BCUT2D eigenvalue weighted by molar-refractivity contribution is 5.81. The first-order chi connectivity index (χ1) is 12.1. The summed E-state index contributed by atoms with van der Waals surface area (Å²) >= 11 is 0. The fourth-order valence-electron chi connectivity index (χ4n) is 3.04. The molecule has 0 radical (unpaired) electrons. The summed E-state index contributed by atoms with van der Waals surface area (Å²) < 4.78 is 12.9. The molecule has 1 aromatic carbocycles. The van der Waals surface area contributed by atoms with Crippen LogP contribution in [0.1, 0.15) is 18.8 Å². The normalized spacial score (nSPS) is 18.7. The fourth-order valence-corrected chi connectivity index (χ4v) is 3.04. The van der Waals surface area contributed by atoms with Crippen molar-refractivity contribution in [1.29, 1.82) is 0 Å². The molecule has 0 bridgehead atoms. The van der Waals surface area contributed by atoms with E-state index in [-0.39, 0.29) is 11.9 Å². The Bertz CT molecular complexity index is 713. The lowest BCUT2D eigenvalue weighted by molar-refractivity contribution is -0.141. The van der Waals surface area contributed by atoms with Crippen LogP contribution in [0.3, 0.4) is 0 Å². The van der Waals surface area contributed by atoms with Gasteiger partial charge in [-0.1, -0.05) is 0 Å². The molecule has 1 N–H and O–H groups in total. The smallest absolute Gasteiger partial charge is 0.264 e. The van der Waals surface area contributed by atoms with Gasteiger partial charge in [0.2, 0.25) is 0 Å². The third kappa shape index (κ3) is 3.76. The Kier molecular flexibility index (Phi) is 5.23. The van der Waals surface area contributed by atoms with Crippen LogP contribution < -0.4 is 14.8 Å². The van der Waals surface area contributed by atoms with Gasteiger partial charge in [-0.15, -0.1) is 0 Å². The SMILES string of the molecule is COc1ccc(OC(C)C(=O)N2CCNCC2c2nccn2C)cc1. The maximum atomic E-state index is 13.0. The van der Waals surface area contributed by atoms with Gasteiger partial charge in [0.1, 0.15) is 23.4 Å². The topological polar surface area (TPSA) is 68.6 Å². The van der Waals surface area contributed by atoms with Crippen molar-refractivity contribution in [3.63, 3.8) is 0 Å². The zero-order chi connectivity index (χ0) is 17.8. The van der Waals surface area contributed by atoms with Crippen LogP contribution in [0.2, 0.25) is 0 Å². The number of carbonyl (C=O) groups excluding carboxylic acids is 1. The monoisotopic (exact) mass is 344 g/mol. The second-order valence-electron chi connectivity index (χ2n) is 6.08. The Morgan fingerprint density at radius 2 is 2.04 bits per heavy atom. The predicted molar refractivity (Wildman–Crippen MR) is 93.6 cm³/mol. The van der Waals surface area contributed by atoms with Crippen molar-refractivity contribution in [1.82, 2.24) is 19.8 Å². The number of imidazole rings is 1. The summed E-state index contributed by atoms with van der Waals surface area (Å²) in [7, 11) is 3.56. The van der Waals surface area contributed by atoms with Gasteiger partial charge in [0.15, 0.2) is 6.10 Å². The molecule has 2 heterocycles. The number of methoxy groups -OCH3 is 1. The molecule has 134 valence electrons. The van der Waals surface area contributed by atoms with Crippen LogP contribution in [0.25, 0.3) is 0 Å². The number of nitrogens with zero attached hydrogens (tertiary/aromatic N) is 3. The van der Waals surface area contributed by atoms with Crippen LogP contribution in [-0.4, -0.2) is 53.2 Å². The van der Waals surface area contributed by atoms with Crippen LogP contribution >= 0.6 is 0 Å². The Hall–Kier alpha value is -2.54. The van der Waals surface area contributed by atoms with E-state index in [1.165, 1.54) is 0 Å².